The molecule has 4 heterocycles. The summed E-state index contributed by atoms with van der Waals surface area (Å²) in [6, 6.07) is 3.12. The maximum Gasteiger partial charge on any atom is 0.0125 e. The summed E-state index contributed by atoms with van der Waals surface area (Å²) >= 11 is 0. The largest absolute Gasteiger partial charge is 0.301 e. The van der Waals surface area contributed by atoms with E-state index in [1.54, 1.807) is 0 Å². The minimum absolute atomic E-state index is 0.394. The highest BCUT2D eigenvalue weighted by molar-refractivity contribution is 4.83. The second kappa shape index (κ2) is 51.8. The van der Waals surface area contributed by atoms with Gasteiger partial charge in [-0.2, -0.15) is 0 Å². The summed E-state index contributed by atoms with van der Waals surface area (Å²) in [5.74, 6) is 2.84. The third-order valence-electron chi connectivity index (χ3n) is 9.01. The number of nitrogens with zero attached hydrogens (tertiary/aromatic N) is 4. The quantitative estimate of drug-likeness (QED) is 0.284. The molecule has 0 saturated carbocycles. The summed E-state index contributed by atoms with van der Waals surface area (Å²) in [6.07, 6.45) is 6.99. The van der Waals surface area contributed by atoms with Gasteiger partial charge in [0.2, 0.25) is 0 Å². The normalized spacial score (nSPS) is 19.7. The van der Waals surface area contributed by atoms with E-state index in [1.165, 1.54) is 77.9 Å². The average molecular weight is 764 g/mol. The van der Waals surface area contributed by atoms with Crippen LogP contribution >= 0.6 is 0 Å². The van der Waals surface area contributed by atoms with Gasteiger partial charge in [0, 0.05) is 49.3 Å². The van der Waals surface area contributed by atoms with Crippen molar-refractivity contribution < 1.29 is 0 Å². The Bertz CT molecular complexity index is 570. The molecule has 0 aromatic rings. The number of piperidine rings is 1. The van der Waals surface area contributed by atoms with Crippen LogP contribution < -0.4 is 0 Å². The molecule has 0 radical (unpaired) electrons. The molecule has 334 valence electrons. The minimum Gasteiger partial charge on any atom is -0.301 e. The van der Waals surface area contributed by atoms with Crippen LogP contribution in [0.5, 0.6) is 0 Å². The van der Waals surface area contributed by atoms with Crippen LogP contribution in [0.15, 0.2) is 0 Å². The number of hydrogen-bond acceptors (Lipinski definition) is 4. The summed E-state index contributed by atoms with van der Waals surface area (Å²) in [5.41, 5.74) is 0.394. The first kappa shape index (κ1) is 70.6. The molecule has 53 heavy (non-hydrogen) atoms. The summed E-state index contributed by atoms with van der Waals surface area (Å²) in [6.45, 7) is 71.0. The highest BCUT2D eigenvalue weighted by Crippen LogP contribution is 2.23. The Hall–Kier alpha value is -0.160. The Morgan fingerprint density at radius 2 is 0.755 bits per heavy atom. The summed E-state index contributed by atoms with van der Waals surface area (Å²) < 4.78 is 0. The van der Waals surface area contributed by atoms with Crippen LogP contribution in [0.2, 0.25) is 0 Å². The van der Waals surface area contributed by atoms with Gasteiger partial charge < -0.3 is 9.80 Å². The number of likely N-dealkylation sites (tertiary alicyclic amines) is 4. The van der Waals surface area contributed by atoms with Gasteiger partial charge in [0.1, 0.15) is 0 Å². The molecule has 4 heteroatoms. The first-order valence-corrected chi connectivity index (χ1v) is 24.1. The highest BCUT2D eigenvalue weighted by Gasteiger charge is 2.27. The van der Waals surface area contributed by atoms with Crippen LogP contribution in [0.3, 0.4) is 0 Å². The molecule has 4 saturated heterocycles. The molecule has 4 nitrogen and oxygen atoms in total. The van der Waals surface area contributed by atoms with Crippen molar-refractivity contribution in [1.29, 1.82) is 0 Å². The van der Waals surface area contributed by atoms with Crippen molar-refractivity contribution in [2.45, 2.75) is 263 Å². The third kappa shape index (κ3) is 42.8. The van der Waals surface area contributed by atoms with Gasteiger partial charge in [-0.25, -0.2) is 0 Å². The van der Waals surface area contributed by atoms with Crippen molar-refractivity contribution in [3.63, 3.8) is 0 Å². The fraction of sp³-hybridized carbons (Fsp3) is 1.00. The second-order valence-corrected chi connectivity index (χ2v) is 14.8. The van der Waals surface area contributed by atoms with E-state index in [0.717, 1.165) is 41.9 Å². The fourth-order valence-electron chi connectivity index (χ4n) is 5.98. The fourth-order valence-corrected chi connectivity index (χ4v) is 5.98. The Morgan fingerprint density at radius 1 is 0.396 bits per heavy atom. The van der Waals surface area contributed by atoms with E-state index in [2.05, 4.69) is 110 Å². The van der Waals surface area contributed by atoms with E-state index in [1.807, 2.05) is 111 Å². The van der Waals surface area contributed by atoms with Gasteiger partial charge in [0.25, 0.3) is 0 Å². The van der Waals surface area contributed by atoms with E-state index in [9.17, 15) is 0 Å². The molecule has 4 aliphatic heterocycles. The van der Waals surface area contributed by atoms with Crippen molar-refractivity contribution in [2.24, 2.45) is 17.8 Å². The summed E-state index contributed by atoms with van der Waals surface area (Å²) in [5, 5.41) is 0. The lowest BCUT2D eigenvalue weighted by atomic mass is 9.98. The van der Waals surface area contributed by atoms with E-state index >= 15 is 0 Å². The molecule has 2 atom stereocenters. The highest BCUT2D eigenvalue weighted by atomic mass is 15.2. The van der Waals surface area contributed by atoms with E-state index < -0.39 is 0 Å². The predicted molar refractivity (Wildman–Crippen MR) is 257 cm³/mol. The van der Waals surface area contributed by atoms with Crippen LogP contribution in [0, 0.1) is 17.8 Å². The average Bonchev–Trinajstić information content (AvgIpc) is 3.83. The molecule has 2 unspecified atom stereocenters. The molecule has 0 bridgehead atoms. The van der Waals surface area contributed by atoms with Gasteiger partial charge in [-0.15, -0.1) is 0 Å². The van der Waals surface area contributed by atoms with Gasteiger partial charge in [0.05, 0.1) is 0 Å². The van der Waals surface area contributed by atoms with Gasteiger partial charge in [-0.1, -0.05) is 132 Å². The smallest absolute Gasteiger partial charge is 0.0125 e. The molecular formula is C49H118N4. The van der Waals surface area contributed by atoms with Crippen LogP contribution in [-0.4, -0.2) is 95.1 Å². The van der Waals surface area contributed by atoms with Gasteiger partial charge in [-0.05, 0) is 145 Å². The zero-order valence-corrected chi connectivity index (χ0v) is 43.8. The molecular weight excluding hydrogens is 645 g/mol. The lowest BCUT2D eigenvalue weighted by Gasteiger charge is -2.40. The Morgan fingerprint density at radius 3 is 0.925 bits per heavy atom. The predicted octanol–water partition coefficient (Wildman–Crippen LogP) is 15.7. The molecule has 0 aromatic heterocycles. The Kier molecular flexibility index (Phi) is 69.1. The minimum atomic E-state index is 0.394. The number of hydrogen-bond donors (Lipinski definition) is 0. The summed E-state index contributed by atoms with van der Waals surface area (Å²) in [4.78, 5) is 10.2. The van der Waals surface area contributed by atoms with Crippen LogP contribution in [-0.2, 0) is 0 Å². The summed E-state index contributed by atoms with van der Waals surface area (Å²) in [7, 11) is 0. The van der Waals surface area contributed by atoms with Crippen LogP contribution in [0.4, 0.5) is 0 Å². The zero-order chi connectivity index (χ0) is 44.3. The van der Waals surface area contributed by atoms with Gasteiger partial charge >= 0.3 is 0 Å². The Labute approximate surface area is 344 Å². The molecule has 0 aromatic carbocycles. The topological polar surface area (TPSA) is 13.0 Å². The maximum atomic E-state index is 2.57. The van der Waals surface area contributed by atoms with Crippen molar-refractivity contribution >= 4 is 0 Å². The third-order valence-corrected chi connectivity index (χ3v) is 9.01. The van der Waals surface area contributed by atoms with E-state index in [-0.39, 0.29) is 0 Å². The zero-order valence-electron chi connectivity index (χ0n) is 43.8. The SMILES string of the molecule is CC.CC.CC.CC.CC.CC.CC.CC.CC(C)N1CCCC1C.CC1CCN(C(C)(C)C)C1.CC1CCN(C(C)C)CC1.CC1CN(C(C)C)C1. The maximum absolute atomic E-state index is 2.57. The first-order valence-electron chi connectivity index (χ1n) is 24.1. The molecule has 0 spiro atoms. The lowest BCUT2D eigenvalue weighted by Crippen LogP contribution is -2.48. The van der Waals surface area contributed by atoms with E-state index in [0.29, 0.717) is 5.54 Å². The molecule has 0 amide bonds. The molecule has 0 N–H and O–H groups in total. The molecule has 0 aliphatic carbocycles. The molecule has 4 rings (SSSR count). The molecule has 4 fully saturated rings. The number of rotatable bonds is 3. The van der Waals surface area contributed by atoms with Gasteiger partial charge in [0.15, 0.2) is 0 Å². The van der Waals surface area contributed by atoms with Crippen molar-refractivity contribution in [3.05, 3.63) is 0 Å². The lowest BCUT2D eigenvalue weighted by molar-refractivity contribution is 0.0787. The van der Waals surface area contributed by atoms with Crippen molar-refractivity contribution in [1.82, 2.24) is 19.6 Å². The van der Waals surface area contributed by atoms with Crippen molar-refractivity contribution in [2.75, 3.05) is 45.8 Å². The second-order valence-electron chi connectivity index (χ2n) is 14.8. The first-order chi connectivity index (χ1) is 25.1. The van der Waals surface area contributed by atoms with Crippen LogP contribution in [0.1, 0.15) is 233 Å². The molecule has 4 aliphatic rings. The van der Waals surface area contributed by atoms with Crippen LogP contribution in [0.25, 0.3) is 0 Å². The monoisotopic (exact) mass is 763 g/mol. The Balaban J connectivity index is -0.0000000753. The van der Waals surface area contributed by atoms with Gasteiger partial charge in [-0.3, -0.25) is 9.80 Å². The van der Waals surface area contributed by atoms with E-state index in [4.69, 9.17) is 0 Å². The standard InChI is InChI=1S/2C9H19N.C8H17N.C7H15N.8C2H6/c1-8-5-6-10(7-8)9(2,3)4;1-8(2)10-6-4-9(3)5-7-10;1-7(2)9-6-4-5-8(9)3;1-6(2)8-4-7(3)5-8;8*1-2/h8H,5-7H2,1-4H3;8-9H,4-7H2,1-3H3;7-8H,4-6H2,1-3H3;6-7H,4-5H2,1-3H3;8*1-2H3. The van der Waals surface area contributed by atoms with Crippen molar-refractivity contribution in [3.8, 4) is 0 Å².